The Morgan fingerprint density at radius 1 is 1.10 bits per heavy atom. The van der Waals surface area contributed by atoms with Crippen LogP contribution in [-0.4, -0.2) is 24.8 Å². The second-order valence-corrected chi connectivity index (χ2v) is 5.26. The summed E-state index contributed by atoms with van der Waals surface area (Å²) in [5, 5.41) is 4.61. The number of hydrogen-bond acceptors (Lipinski definition) is 4. The summed E-state index contributed by atoms with van der Waals surface area (Å²) in [4.78, 5) is 25.0. The van der Waals surface area contributed by atoms with E-state index in [9.17, 15) is 9.59 Å². The first kappa shape index (κ1) is 15.6. The molecule has 2 rings (SSSR count). The number of nitrogens with zero attached hydrogens (tertiary/aromatic N) is 4. The molecule has 0 unspecified atom stereocenters. The van der Waals surface area contributed by atoms with Crippen molar-refractivity contribution in [1.29, 1.82) is 0 Å². The van der Waals surface area contributed by atoms with Crippen molar-refractivity contribution in [1.82, 2.24) is 18.9 Å². The Kier molecular flexibility index (Phi) is 4.72. The number of nitrogens with two attached hydrogens (primary N) is 1. The zero-order chi connectivity index (χ0) is 15.6. The fraction of sp³-hybridized carbons (Fsp3) is 0.615. The van der Waals surface area contributed by atoms with Crippen LogP contribution in [0, 0.1) is 0 Å². The van der Waals surface area contributed by atoms with Gasteiger partial charge in [0, 0.05) is 19.0 Å². The SMILES string of the molecule is CCCn1c(=O)c2c(N)n(CCCl)nc2n(CCC)c1=O. The summed E-state index contributed by atoms with van der Waals surface area (Å²) in [7, 11) is 0. The van der Waals surface area contributed by atoms with Crippen molar-refractivity contribution < 1.29 is 0 Å². The molecule has 8 heteroatoms. The minimum atomic E-state index is -0.373. The highest BCUT2D eigenvalue weighted by Gasteiger charge is 2.19. The largest absolute Gasteiger partial charge is 0.383 e. The number of anilines is 1. The van der Waals surface area contributed by atoms with Gasteiger partial charge in [-0.25, -0.2) is 9.48 Å². The smallest absolute Gasteiger partial charge is 0.332 e. The zero-order valence-electron chi connectivity index (χ0n) is 12.3. The maximum absolute atomic E-state index is 12.5. The molecule has 2 N–H and O–H groups in total. The van der Waals surface area contributed by atoms with Crippen LogP contribution in [0.3, 0.4) is 0 Å². The quantitative estimate of drug-likeness (QED) is 0.806. The molecular weight excluding hydrogens is 294 g/mol. The number of aromatic nitrogens is 4. The van der Waals surface area contributed by atoms with Crippen molar-refractivity contribution in [2.75, 3.05) is 11.6 Å². The monoisotopic (exact) mass is 313 g/mol. The van der Waals surface area contributed by atoms with Crippen molar-refractivity contribution >= 4 is 28.5 Å². The van der Waals surface area contributed by atoms with Gasteiger partial charge in [0.2, 0.25) is 0 Å². The summed E-state index contributed by atoms with van der Waals surface area (Å²) in [5.41, 5.74) is 5.67. The third-order valence-corrected chi connectivity index (χ3v) is 3.51. The van der Waals surface area contributed by atoms with Gasteiger partial charge >= 0.3 is 5.69 Å². The summed E-state index contributed by atoms with van der Waals surface area (Å²) >= 11 is 5.72. The van der Waals surface area contributed by atoms with Crippen LogP contribution in [0.25, 0.3) is 11.0 Å². The molecule has 2 heterocycles. The van der Waals surface area contributed by atoms with Gasteiger partial charge in [0.25, 0.3) is 5.56 Å². The molecule has 0 bridgehead atoms. The molecule has 0 aliphatic carbocycles. The molecule has 0 aromatic carbocycles. The van der Waals surface area contributed by atoms with Crippen LogP contribution in [0.1, 0.15) is 26.7 Å². The Hall–Kier alpha value is -1.76. The molecule has 7 nitrogen and oxygen atoms in total. The first-order chi connectivity index (χ1) is 10.1. The van der Waals surface area contributed by atoms with E-state index in [1.807, 2.05) is 13.8 Å². The molecule has 21 heavy (non-hydrogen) atoms. The summed E-state index contributed by atoms with van der Waals surface area (Å²) in [6.45, 7) is 5.15. The lowest BCUT2D eigenvalue weighted by atomic mass is 10.3. The van der Waals surface area contributed by atoms with E-state index in [4.69, 9.17) is 17.3 Å². The van der Waals surface area contributed by atoms with E-state index in [-0.39, 0.29) is 17.1 Å². The predicted molar refractivity (Wildman–Crippen MR) is 84.0 cm³/mol. The van der Waals surface area contributed by atoms with Crippen LogP contribution in [0.2, 0.25) is 0 Å². The van der Waals surface area contributed by atoms with Gasteiger partial charge in [-0.1, -0.05) is 13.8 Å². The third kappa shape index (κ3) is 2.57. The molecule has 2 aromatic heterocycles. The molecular formula is C13H20ClN5O2. The minimum absolute atomic E-state index is 0.269. The van der Waals surface area contributed by atoms with Crippen LogP contribution in [0.5, 0.6) is 0 Å². The number of alkyl halides is 1. The van der Waals surface area contributed by atoms with Crippen molar-refractivity contribution in [3.8, 4) is 0 Å². The molecule has 0 aliphatic heterocycles. The molecule has 0 amide bonds. The van der Waals surface area contributed by atoms with Crippen molar-refractivity contribution in [3.63, 3.8) is 0 Å². The average Bonchev–Trinajstić information content (AvgIpc) is 2.77. The van der Waals surface area contributed by atoms with Gasteiger partial charge < -0.3 is 5.73 Å². The second kappa shape index (κ2) is 6.34. The number of aryl methyl sites for hydroxylation is 2. The van der Waals surface area contributed by atoms with Crippen LogP contribution in [0.4, 0.5) is 5.82 Å². The van der Waals surface area contributed by atoms with Gasteiger partial charge in [-0.05, 0) is 12.8 Å². The number of rotatable bonds is 6. The standard InChI is InChI=1S/C13H20ClN5O2/c1-3-6-17-11-9(10(15)19(16-11)8-5-14)12(20)18(7-4-2)13(17)21/h3-8,15H2,1-2H3. The highest BCUT2D eigenvalue weighted by molar-refractivity contribution is 6.17. The Labute approximate surface area is 126 Å². The van der Waals surface area contributed by atoms with E-state index in [1.54, 1.807) is 0 Å². The van der Waals surface area contributed by atoms with Gasteiger partial charge in [0.05, 0.1) is 6.54 Å². The lowest BCUT2D eigenvalue weighted by Gasteiger charge is -2.09. The van der Waals surface area contributed by atoms with Gasteiger partial charge in [-0.3, -0.25) is 13.9 Å². The first-order valence-electron chi connectivity index (χ1n) is 7.12. The highest BCUT2D eigenvalue weighted by atomic mass is 35.5. The van der Waals surface area contributed by atoms with Gasteiger partial charge in [-0.15, -0.1) is 11.6 Å². The summed E-state index contributed by atoms with van der Waals surface area (Å²) in [6, 6.07) is 0. The van der Waals surface area contributed by atoms with Crippen molar-refractivity contribution in [2.24, 2.45) is 0 Å². The number of hydrogen-bond donors (Lipinski definition) is 1. The summed E-state index contributed by atoms with van der Waals surface area (Å²) in [6.07, 6.45) is 1.46. The van der Waals surface area contributed by atoms with Crippen LogP contribution in [0.15, 0.2) is 9.59 Å². The van der Waals surface area contributed by atoms with Crippen molar-refractivity contribution in [3.05, 3.63) is 20.8 Å². The molecule has 0 saturated heterocycles. The first-order valence-corrected chi connectivity index (χ1v) is 7.65. The highest BCUT2D eigenvalue weighted by Crippen LogP contribution is 2.16. The fourth-order valence-electron chi connectivity index (χ4n) is 2.41. The molecule has 0 aliphatic rings. The zero-order valence-corrected chi connectivity index (χ0v) is 13.1. The van der Waals surface area contributed by atoms with Crippen molar-refractivity contribution in [2.45, 2.75) is 46.3 Å². The predicted octanol–water partition coefficient (Wildman–Crippen LogP) is 1.00. The minimum Gasteiger partial charge on any atom is -0.383 e. The van der Waals surface area contributed by atoms with Gasteiger partial charge in [0.1, 0.15) is 11.2 Å². The number of nitrogen functional groups attached to an aromatic ring is 1. The normalized spacial score (nSPS) is 11.4. The molecule has 0 atom stereocenters. The lowest BCUT2D eigenvalue weighted by molar-refractivity contribution is 0.553. The topological polar surface area (TPSA) is 87.8 Å². The summed E-state index contributed by atoms with van der Waals surface area (Å²) < 4.78 is 4.25. The lowest BCUT2D eigenvalue weighted by Crippen LogP contribution is -2.40. The average molecular weight is 314 g/mol. The number of halogens is 1. The van der Waals surface area contributed by atoms with E-state index >= 15 is 0 Å². The maximum Gasteiger partial charge on any atom is 0.332 e. The van der Waals surface area contributed by atoms with Gasteiger partial charge in [0.15, 0.2) is 5.65 Å². The fourth-order valence-corrected chi connectivity index (χ4v) is 2.57. The Bertz CT molecular complexity index is 758. The molecule has 2 aromatic rings. The number of fused-ring (bicyclic) bond motifs is 1. The van der Waals surface area contributed by atoms with E-state index in [0.717, 1.165) is 6.42 Å². The van der Waals surface area contributed by atoms with Crippen LogP contribution >= 0.6 is 11.6 Å². The molecule has 116 valence electrons. The Morgan fingerprint density at radius 3 is 2.29 bits per heavy atom. The van der Waals surface area contributed by atoms with Crippen LogP contribution < -0.4 is 17.0 Å². The molecule has 0 radical (unpaired) electrons. The second-order valence-electron chi connectivity index (χ2n) is 4.89. The van der Waals surface area contributed by atoms with E-state index in [1.165, 1.54) is 13.8 Å². The molecule has 0 saturated carbocycles. The van der Waals surface area contributed by atoms with E-state index in [2.05, 4.69) is 5.10 Å². The van der Waals surface area contributed by atoms with Crippen LogP contribution in [-0.2, 0) is 19.6 Å². The molecule has 0 spiro atoms. The summed E-state index contributed by atoms with van der Waals surface area (Å²) in [5.74, 6) is 0.602. The maximum atomic E-state index is 12.5. The van der Waals surface area contributed by atoms with E-state index < -0.39 is 0 Å². The Morgan fingerprint density at radius 2 is 1.71 bits per heavy atom. The Balaban J connectivity index is 2.87. The third-order valence-electron chi connectivity index (χ3n) is 3.34. The van der Waals surface area contributed by atoms with Gasteiger partial charge in [-0.2, -0.15) is 5.10 Å². The molecule has 0 fully saturated rings. The van der Waals surface area contributed by atoms with E-state index in [0.29, 0.717) is 43.0 Å².